The van der Waals surface area contributed by atoms with Crippen LogP contribution in [0.2, 0.25) is 0 Å². The van der Waals surface area contributed by atoms with E-state index < -0.39 is 0 Å². The van der Waals surface area contributed by atoms with E-state index >= 15 is 0 Å². The van der Waals surface area contributed by atoms with E-state index in [4.69, 9.17) is 9.97 Å². The number of pyridine rings is 1. The monoisotopic (exact) mass is 402 g/mol. The molecule has 1 aliphatic carbocycles. The minimum Gasteiger partial charge on any atom is -0.351 e. The lowest BCUT2D eigenvalue weighted by Crippen LogP contribution is -2.26. The molecule has 8 heteroatoms. The summed E-state index contributed by atoms with van der Waals surface area (Å²) in [6.07, 6.45) is 10.5. The maximum absolute atomic E-state index is 4.87. The summed E-state index contributed by atoms with van der Waals surface area (Å²) in [6.45, 7) is 4.38. The first-order chi connectivity index (χ1) is 14.6. The zero-order valence-electron chi connectivity index (χ0n) is 17.6. The quantitative estimate of drug-likeness (QED) is 0.533. The maximum Gasteiger partial charge on any atom is 0.223 e. The Bertz CT molecular complexity index is 1180. The third kappa shape index (κ3) is 3.42. The molecule has 1 saturated carbocycles. The number of hydrogen-bond acceptors (Lipinski definition) is 6. The standard InChI is InChI=1S/C22H26N8/c1-13-4-6-15(7-5-13)26-22-24-10-14(2)20(28-22)17-11-23-21-16(17)8-9-18(27-21)19-12-25-29-30(19)3/h8-13,15H,4-7H2,1-3H3,(H,23,27)(H,24,26,28). The van der Waals surface area contributed by atoms with Crippen LogP contribution in [0.25, 0.3) is 33.7 Å². The van der Waals surface area contributed by atoms with Gasteiger partial charge in [0.25, 0.3) is 0 Å². The molecule has 0 aliphatic heterocycles. The van der Waals surface area contributed by atoms with Crippen LogP contribution < -0.4 is 5.32 Å². The number of nitrogens with zero attached hydrogens (tertiary/aromatic N) is 6. The van der Waals surface area contributed by atoms with Gasteiger partial charge in [0.1, 0.15) is 11.3 Å². The van der Waals surface area contributed by atoms with Gasteiger partial charge in [-0.1, -0.05) is 12.1 Å². The van der Waals surface area contributed by atoms with Crippen molar-refractivity contribution in [2.45, 2.75) is 45.6 Å². The van der Waals surface area contributed by atoms with Crippen molar-refractivity contribution in [3.05, 3.63) is 36.3 Å². The molecule has 1 aliphatic rings. The molecule has 8 nitrogen and oxygen atoms in total. The zero-order chi connectivity index (χ0) is 20.7. The van der Waals surface area contributed by atoms with Gasteiger partial charge in [-0.05, 0) is 56.2 Å². The number of hydrogen-bond donors (Lipinski definition) is 2. The van der Waals surface area contributed by atoms with Crippen LogP contribution >= 0.6 is 0 Å². The smallest absolute Gasteiger partial charge is 0.223 e. The Labute approximate surface area is 175 Å². The van der Waals surface area contributed by atoms with Gasteiger partial charge in [0.05, 0.1) is 17.6 Å². The van der Waals surface area contributed by atoms with Gasteiger partial charge >= 0.3 is 0 Å². The molecule has 4 heterocycles. The van der Waals surface area contributed by atoms with E-state index in [0.29, 0.717) is 12.0 Å². The van der Waals surface area contributed by atoms with E-state index in [1.165, 1.54) is 25.7 Å². The molecule has 5 rings (SSSR count). The number of fused-ring (bicyclic) bond motifs is 1. The summed E-state index contributed by atoms with van der Waals surface area (Å²) >= 11 is 0. The summed E-state index contributed by atoms with van der Waals surface area (Å²) in [5.74, 6) is 1.53. The topological polar surface area (TPSA) is 97.2 Å². The van der Waals surface area contributed by atoms with Crippen LogP contribution in [-0.4, -0.2) is 41.0 Å². The van der Waals surface area contributed by atoms with Crippen LogP contribution in [0.5, 0.6) is 0 Å². The highest BCUT2D eigenvalue weighted by Crippen LogP contribution is 2.31. The Morgan fingerprint density at radius 3 is 2.70 bits per heavy atom. The molecule has 0 saturated heterocycles. The molecule has 0 radical (unpaired) electrons. The Hall–Kier alpha value is -3.29. The lowest BCUT2D eigenvalue weighted by Gasteiger charge is -2.27. The van der Waals surface area contributed by atoms with E-state index in [0.717, 1.165) is 45.2 Å². The van der Waals surface area contributed by atoms with E-state index in [9.17, 15) is 0 Å². The van der Waals surface area contributed by atoms with Crippen molar-refractivity contribution in [2.24, 2.45) is 13.0 Å². The molecule has 0 amide bonds. The summed E-state index contributed by atoms with van der Waals surface area (Å²) in [5, 5.41) is 12.5. The Morgan fingerprint density at radius 2 is 1.93 bits per heavy atom. The van der Waals surface area contributed by atoms with Crippen molar-refractivity contribution in [2.75, 3.05) is 5.32 Å². The first kappa shape index (κ1) is 18.7. The number of aromatic amines is 1. The zero-order valence-corrected chi connectivity index (χ0v) is 17.6. The molecule has 0 bridgehead atoms. The predicted octanol–water partition coefficient (Wildman–Crippen LogP) is 4.11. The van der Waals surface area contributed by atoms with Crippen molar-refractivity contribution >= 4 is 17.0 Å². The lowest BCUT2D eigenvalue weighted by molar-refractivity contribution is 0.360. The minimum absolute atomic E-state index is 0.455. The van der Waals surface area contributed by atoms with Gasteiger partial charge in [0.15, 0.2) is 0 Å². The second-order valence-corrected chi connectivity index (χ2v) is 8.36. The van der Waals surface area contributed by atoms with Crippen molar-refractivity contribution < 1.29 is 0 Å². The fraction of sp³-hybridized carbons (Fsp3) is 0.409. The summed E-state index contributed by atoms with van der Waals surface area (Å²) in [7, 11) is 1.86. The van der Waals surface area contributed by atoms with Crippen LogP contribution in [0.4, 0.5) is 5.95 Å². The van der Waals surface area contributed by atoms with Gasteiger partial charge in [-0.2, -0.15) is 0 Å². The van der Waals surface area contributed by atoms with E-state index in [1.54, 1.807) is 10.9 Å². The SMILES string of the molecule is Cc1cnc(NC2CCC(C)CC2)nc1-c1c[nH]c2nc(-c3cnnn3C)ccc12. The van der Waals surface area contributed by atoms with Crippen LogP contribution in [-0.2, 0) is 7.05 Å². The number of anilines is 1. The van der Waals surface area contributed by atoms with Gasteiger partial charge in [0, 0.05) is 36.4 Å². The Kier molecular flexibility index (Phi) is 4.69. The molecule has 0 unspecified atom stereocenters. The van der Waals surface area contributed by atoms with Crippen molar-refractivity contribution in [3.8, 4) is 22.6 Å². The summed E-state index contributed by atoms with van der Waals surface area (Å²) in [5.41, 5.74) is 5.53. The number of aromatic nitrogens is 7. The minimum atomic E-state index is 0.455. The average molecular weight is 403 g/mol. The first-order valence-electron chi connectivity index (χ1n) is 10.5. The van der Waals surface area contributed by atoms with Crippen LogP contribution in [0.3, 0.4) is 0 Å². The molecular weight excluding hydrogens is 376 g/mol. The fourth-order valence-electron chi connectivity index (χ4n) is 4.24. The second kappa shape index (κ2) is 7.51. The fourth-order valence-corrected chi connectivity index (χ4v) is 4.24. The van der Waals surface area contributed by atoms with Crippen molar-refractivity contribution in [1.82, 2.24) is 34.9 Å². The second-order valence-electron chi connectivity index (χ2n) is 8.36. The molecule has 4 aromatic heterocycles. The number of nitrogens with one attached hydrogen (secondary N) is 2. The molecule has 30 heavy (non-hydrogen) atoms. The Balaban J connectivity index is 1.47. The largest absolute Gasteiger partial charge is 0.351 e. The maximum atomic E-state index is 4.87. The molecule has 4 aromatic rings. The van der Waals surface area contributed by atoms with Gasteiger partial charge in [-0.25, -0.2) is 19.6 Å². The summed E-state index contributed by atoms with van der Waals surface area (Å²) in [4.78, 5) is 17.5. The first-order valence-corrected chi connectivity index (χ1v) is 10.5. The highest BCUT2D eigenvalue weighted by atomic mass is 15.4. The molecule has 1 fully saturated rings. The van der Waals surface area contributed by atoms with Gasteiger partial charge < -0.3 is 10.3 Å². The van der Waals surface area contributed by atoms with Gasteiger partial charge in [-0.15, -0.1) is 5.10 Å². The number of rotatable bonds is 4. The van der Waals surface area contributed by atoms with Crippen molar-refractivity contribution in [1.29, 1.82) is 0 Å². The van der Waals surface area contributed by atoms with E-state index in [-0.39, 0.29) is 0 Å². The number of H-pyrrole nitrogens is 1. The molecule has 0 aromatic carbocycles. The normalized spacial score (nSPS) is 19.3. The number of aryl methyl sites for hydroxylation is 2. The van der Waals surface area contributed by atoms with E-state index in [1.807, 2.05) is 32.4 Å². The van der Waals surface area contributed by atoms with Gasteiger partial charge in [-0.3, -0.25) is 0 Å². The Morgan fingerprint density at radius 1 is 1.10 bits per heavy atom. The van der Waals surface area contributed by atoms with Crippen molar-refractivity contribution in [3.63, 3.8) is 0 Å². The lowest BCUT2D eigenvalue weighted by atomic mass is 9.87. The highest BCUT2D eigenvalue weighted by molar-refractivity contribution is 5.94. The molecule has 0 spiro atoms. The van der Waals surface area contributed by atoms with Crippen LogP contribution in [0, 0.1) is 12.8 Å². The van der Waals surface area contributed by atoms with E-state index in [2.05, 4.69) is 38.6 Å². The third-order valence-electron chi connectivity index (χ3n) is 6.09. The third-order valence-corrected chi connectivity index (χ3v) is 6.09. The average Bonchev–Trinajstić information content (AvgIpc) is 3.36. The molecule has 0 atom stereocenters. The molecular formula is C22H26N8. The molecule has 2 N–H and O–H groups in total. The summed E-state index contributed by atoms with van der Waals surface area (Å²) < 4.78 is 1.72. The van der Waals surface area contributed by atoms with Crippen LogP contribution in [0.1, 0.15) is 38.2 Å². The summed E-state index contributed by atoms with van der Waals surface area (Å²) in [6, 6.07) is 4.53. The highest BCUT2D eigenvalue weighted by Gasteiger charge is 2.20. The van der Waals surface area contributed by atoms with Gasteiger partial charge in [0.2, 0.25) is 5.95 Å². The molecule has 154 valence electrons. The van der Waals surface area contributed by atoms with Crippen LogP contribution in [0.15, 0.2) is 30.7 Å². The predicted molar refractivity (Wildman–Crippen MR) is 117 cm³/mol.